The van der Waals surface area contributed by atoms with Gasteiger partial charge in [-0.2, -0.15) is 13.2 Å². The molecule has 0 spiro atoms. The number of rotatable bonds is 4. The number of aromatic nitrogens is 2. The zero-order valence-corrected chi connectivity index (χ0v) is 17.4. The first kappa shape index (κ1) is 21.9. The SMILES string of the molecule is COc1cccc(C(=O)N2CCC(Cn3ccc4nc(C(F)(F)F)ccc4c3=O)CC2)c1. The van der Waals surface area contributed by atoms with E-state index in [4.69, 9.17) is 4.74 Å². The fourth-order valence-electron chi connectivity index (χ4n) is 4.00. The molecule has 0 atom stereocenters. The maximum Gasteiger partial charge on any atom is 0.433 e. The Balaban J connectivity index is 1.43. The van der Waals surface area contributed by atoms with Gasteiger partial charge in [0.15, 0.2) is 0 Å². The van der Waals surface area contributed by atoms with Crippen molar-refractivity contribution in [3.05, 3.63) is 70.3 Å². The summed E-state index contributed by atoms with van der Waals surface area (Å²) >= 11 is 0. The summed E-state index contributed by atoms with van der Waals surface area (Å²) in [7, 11) is 1.55. The Hall–Kier alpha value is -3.36. The number of hydrogen-bond donors (Lipinski definition) is 0. The summed E-state index contributed by atoms with van der Waals surface area (Å²) in [6.45, 7) is 1.58. The molecule has 3 aromatic rings. The van der Waals surface area contributed by atoms with Crippen LogP contribution in [0.5, 0.6) is 5.75 Å². The predicted molar refractivity (Wildman–Crippen MR) is 113 cm³/mol. The summed E-state index contributed by atoms with van der Waals surface area (Å²) in [4.78, 5) is 30.9. The van der Waals surface area contributed by atoms with E-state index >= 15 is 0 Å². The number of pyridine rings is 2. The first-order chi connectivity index (χ1) is 15.3. The third kappa shape index (κ3) is 4.46. The van der Waals surface area contributed by atoms with Crippen molar-refractivity contribution in [3.63, 3.8) is 0 Å². The molecule has 4 rings (SSSR count). The fourth-order valence-corrected chi connectivity index (χ4v) is 4.00. The monoisotopic (exact) mass is 445 g/mol. The van der Waals surface area contributed by atoms with Gasteiger partial charge in [-0.1, -0.05) is 6.07 Å². The number of carbonyl (C=O) groups excluding carboxylic acids is 1. The van der Waals surface area contributed by atoms with Gasteiger partial charge in [-0.25, -0.2) is 4.98 Å². The lowest BCUT2D eigenvalue weighted by atomic mass is 9.96. The second-order valence-corrected chi connectivity index (χ2v) is 7.87. The number of nitrogens with zero attached hydrogens (tertiary/aromatic N) is 3. The van der Waals surface area contributed by atoms with Gasteiger partial charge in [0.05, 0.1) is 18.0 Å². The molecule has 0 N–H and O–H groups in total. The molecule has 1 saturated heterocycles. The zero-order valence-electron chi connectivity index (χ0n) is 17.4. The number of benzene rings is 1. The Morgan fingerprint density at radius 3 is 2.59 bits per heavy atom. The maximum absolute atomic E-state index is 12.9. The van der Waals surface area contributed by atoms with Gasteiger partial charge in [-0.15, -0.1) is 0 Å². The van der Waals surface area contributed by atoms with E-state index in [2.05, 4.69) is 4.98 Å². The molecule has 0 aliphatic carbocycles. The minimum absolute atomic E-state index is 0.0276. The third-order valence-corrected chi connectivity index (χ3v) is 5.79. The van der Waals surface area contributed by atoms with Gasteiger partial charge in [0.2, 0.25) is 0 Å². The topological polar surface area (TPSA) is 64.4 Å². The number of carbonyl (C=O) groups is 1. The van der Waals surface area contributed by atoms with Crippen molar-refractivity contribution in [2.75, 3.05) is 20.2 Å². The number of fused-ring (bicyclic) bond motifs is 1. The molecule has 1 aliphatic heterocycles. The van der Waals surface area contributed by atoms with Crippen molar-refractivity contribution in [2.24, 2.45) is 5.92 Å². The van der Waals surface area contributed by atoms with Gasteiger partial charge in [0.1, 0.15) is 11.4 Å². The molecule has 0 unspecified atom stereocenters. The predicted octanol–water partition coefficient (Wildman–Crippen LogP) is 3.98. The van der Waals surface area contributed by atoms with Crippen LogP contribution < -0.4 is 10.3 Å². The van der Waals surface area contributed by atoms with Crippen LogP contribution in [0, 0.1) is 5.92 Å². The number of halogens is 3. The van der Waals surface area contributed by atoms with Gasteiger partial charge in [0, 0.05) is 31.4 Å². The number of ether oxygens (including phenoxy) is 1. The van der Waals surface area contributed by atoms with Gasteiger partial charge in [-0.3, -0.25) is 9.59 Å². The number of hydrogen-bond acceptors (Lipinski definition) is 4. The molecule has 1 fully saturated rings. The van der Waals surface area contributed by atoms with Gasteiger partial charge < -0.3 is 14.2 Å². The second kappa shape index (κ2) is 8.64. The minimum atomic E-state index is -4.56. The Morgan fingerprint density at radius 2 is 1.91 bits per heavy atom. The van der Waals surface area contributed by atoms with Crippen molar-refractivity contribution in [2.45, 2.75) is 25.6 Å². The summed E-state index contributed by atoms with van der Waals surface area (Å²) in [6, 6.07) is 10.5. The van der Waals surface area contributed by atoms with E-state index < -0.39 is 11.9 Å². The standard InChI is InChI=1S/C23H22F3N3O3/c1-32-17-4-2-3-16(13-17)21(30)28-10-7-15(8-11-28)14-29-12-9-19-18(22(29)31)5-6-20(27-19)23(24,25)26/h2-6,9,12-13,15H,7-8,10-11,14H2,1H3. The molecule has 1 amide bonds. The Morgan fingerprint density at radius 1 is 1.16 bits per heavy atom. The average molecular weight is 445 g/mol. The van der Waals surface area contributed by atoms with E-state index in [1.165, 1.54) is 22.9 Å². The highest BCUT2D eigenvalue weighted by Gasteiger charge is 2.32. The molecule has 2 aromatic heterocycles. The first-order valence-electron chi connectivity index (χ1n) is 10.3. The molecule has 168 valence electrons. The highest BCUT2D eigenvalue weighted by molar-refractivity contribution is 5.94. The van der Waals surface area contributed by atoms with E-state index in [1.54, 1.807) is 36.3 Å². The second-order valence-electron chi connectivity index (χ2n) is 7.87. The summed E-state index contributed by atoms with van der Waals surface area (Å²) in [5.74, 6) is 0.747. The molecule has 6 nitrogen and oxygen atoms in total. The van der Waals surface area contributed by atoms with Gasteiger partial charge >= 0.3 is 6.18 Å². The highest BCUT2D eigenvalue weighted by atomic mass is 19.4. The average Bonchev–Trinajstić information content (AvgIpc) is 2.80. The fraction of sp³-hybridized carbons (Fsp3) is 0.348. The number of alkyl halides is 3. The van der Waals surface area contributed by atoms with Crippen molar-refractivity contribution in [1.82, 2.24) is 14.5 Å². The lowest BCUT2D eigenvalue weighted by Gasteiger charge is -2.32. The van der Waals surface area contributed by atoms with E-state index in [9.17, 15) is 22.8 Å². The van der Waals surface area contributed by atoms with Crippen LogP contribution in [-0.4, -0.2) is 40.6 Å². The van der Waals surface area contributed by atoms with Crippen LogP contribution in [0.2, 0.25) is 0 Å². The van der Waals surface area contributed by atoms with E-state index in [0.717, 1.165) is 18.9 Å². The van der Waals surface area contributed by atoms with Crippen LogP contribution in [0.1, 0.15) is 28.9 Å². The van der Waals surface area contributed by atoms with Crippen LogP contribution in [0.15, 0.2) is 53.5 Å². The van der Waals surface area contributed by atoms with Crippen LogP contribution >= 0.6 is 0 Å². The molecular weight excluding hydrogens is 423 g/mol. The molecular formula is C23H22F3N3O3. The Kier molecular flexibility index (Phi) is 5.90. The molecule has 0 saturated carbocycles. The maximum atomic E-state index is 12.9. The number of piperidine rings is 1. The summed E-state index contributed by atoms with van der Waals surface area (Å²) in [5, 5.41) is 0.158. The van der Waals surface area contributed by atoms with Gasteiger partial charge in [0.25, 0.3) is 11.5 Å². The summed E-state index contributed by atoms with van der Waals surface area (Å²) in [5.41, 5.74) is -0.784. The zero-order chi connectivity index (χ0) is 22.9. The van der Waals surface area contributed by atoms with Gasteiger partial charge in [-0.05, 0) is 55.2 Å². The molecule has 32 heavy (non-hydrogen) atoms. The number of methoxy groups -OCH3 is 1. The first-order valence-corrected chi connectivity index (χ1v) is 10.3. The molecule has 0 radical (unpaired) electrons. The van der Waals surface area contributed by atoms with Crippen molar-refractivity contribution >= 4 is 16.8 Å². The smallest absolute Gasteiger partial charge is 0.433 e. The largest absolute Gasteiger partial charge is 0.497 e. The van der Waals surface area contributed by atoms with E-state index in [0.29, 0.717) is 30.9 Å². The Bertz CT molecular complexity index is 1200. The molecule has 1 aromatic carbocycles. The number of amides is 1. The summed E-state index contributed by atoms with van der Waals surface area (Å²) < 4.78 is 45.3. The quantitative estimate of drug-likeness (QED) is 0.610. The van der Waals surface area contributed by atoms with Crippen LogP contribution in [-0.2, 0) is 12.7 Å². The highest BCUT2D eigenvalue weighted by Crippen LogP contribution is 2.28. The molecule has 1 aliphatic rings. The van der Waals surface area contributed by atoms with Crippen molar-refractivity contribution in [1.29, 1.82) is 0 Å². The van der Waals surface area contributed by atoms with Crippen molar-refractivity contribution in [3.8, 4) is 5.75 Å². The van der Waals surface area contributed by atoms with Crippen LogP contribution in [0.4, 0.5) is 13.2 Å². The third-order valence-electron chi connectivity index (χ3n) is 5.79. The van der Waals surface area contributed by atoms with E-state index in [1.807, 2.05) is 0 Å². The van der Waals surface area contributed by atoms with Crippen LogP contribution in [0.25, 0.3) is 10.9 Å². The molecule has 3 heterocycles. The molecule has 9 heteroatoms. The lowest BCUT2D eigenvalue weighted by Crippen LogP contribution is -2.40. The van der Waals surface area contributed by atoms with E-state index in [-0.39, 0.29) is 28.3 Å². The number of likely N-dealkylation sites (tertiary alicyclic amines) is 1. The van der Waals surface area contributed by atoms with Crippen molar-refractivity contribution < 1.29 is 22.7 Å². The minimum Gasteiger partial charge on any atom is -0.497 e. The molecule has 0 bridgehead atoms. The summed E-state index contributed by atoms with van der Waals surface area (Å²) in [6.07, 6.45) is -1.61. The normalized spacial score (nSPS) is 15.2. The van der Waals surface area contributed by atoms with Crippen LogP contribution in [0.3, 0.4) is 0 Å². The Labute approximate surface area is 182 Å². The lowest BCUT2D eigenvalue weighted by molar-refractivity contribution is -0.140.